The fourth-order valence-corrected chi connectivity index (χ4v) is 2.21. The topological polar surface area (TPSA) is 12.5 Å². The van der Waals surface area contributed by atoms with Crippen LogP contribution >= 0.6 is 11.6 Å². The summed E-state index contributed by atoms with van der Waals surface area (Å²) in [6.45, 7) is 3.67. The van der Waals surface area contributed by atoms with Gasteiger partial charge in [0.2, 0.25) is 0 Å². The number of fused-ring (bicyclic) bond motifs is 1. The molecule has 0 aromatic heterocycles. The van der Waals surface area contributed by atoms with Gasteiger partial charge in [0, 0.05) is 0 Å². The zero-order valence-electron chi connectivity index (χ0n) is 6.50. The minimum atomic E-state index is 0.142. The standard InChI is InChI=1S/C9H13ClO/c1-2-7(10)5-6-3-4-8-9(6)11-8/h2,6-9H,1,3-5H2/t6-,7+,8+,9+/m0/s1. The second kappa shape index (κ2) is 2.80. The molecule has 0 bridgehead atoms. The van der Waals surface area contributed by atoms with Crippen molar-refractivity contribution in [2.75, 3.05) is 0 Å². The van der Waals surface area contributed by atoms with E-state index in [0.717, 1.165) is 6.42 Å². The van der Waals surface area contributed by atoms with E-state index in [1.807, 2.05) is 6.08 Å². The van der Waals surface area contributed by atoms with E-state index >= 15 is 0 Å². The Kier molecular flexibility index (Phi) is 1.94. The summed E-state index contributed by atoms with van der Waals surface area (Å²) < 4.78 is 5.42. The average Bonchev–Trinajstić information content (AvgIpc) is 2.70. The molecule has 0 N–H and O–H groups in total. The lowest BCUT2D eigenvalue weighted by molar-refractivity contribution is 0.259. The molecule has 4 atom stereocenters. The molecule has 62 valence electrons. The fraction of sp³-hybridized carbons (Fsp3) is 0.778. The molecule has 1 nitrogen and oxygen atoms in total. The first-order valence-electron chi connectivity index (χ1n) is 4.23. The van der Waals surface area contributed by atoms with Gasteiger partial charge in [-0.25, -0.2) is 0 Å². The maximum atomic E-state index is 5.96. The Bertz CT molecular complexity index is 169. The van der Waals surface area contributed by atoms with Crippen LogP contribution < -0.4 is 0 Å². The largest absolute Gasteiger partial charge is 0.369 e. The molecule has 11 heavy (non-hydrogen) atoms. The molecule has 2 fully saturated rings. The van der Waals surface area contributed by atoms with Gasteiger partial charge in [-0.05, 0) is 25.2 Å². The van der Waals surface area contributed by atoms with Gasteiger partial charge in [0.1, 0.15) is 0 Å². The zero-order chi connectivity index (χ0) is 7.84. The van der Waals surface area contributed by atoms with Crippen molar-refractivity contribution in [2.45, 2.75) is 36.8 Å². The molecule has 2 heteroatoms. The average molecular weight is 173 g/mol. The second-order valence-electron chi connectivity index (χ2n) is 3.46. The number of ether oxygens (including phenoxy) is 1. The molecule has 1 saturated carbocycles. The minimum absolute atomic E-state index is 0.142. The molecule has 0 spiro atoms. The van der Waals surface area contributed by atoms with Crippen LogP contribution in [0.15, 0.2) is 12.7 Å². The summed E-state index contributed by atoms with van der Waals surface area (Å²) in [4.78, 5) is 0. The summed E-state index contributed by atoms with van der Waals surface area (Å²) in [5, 5.41) is 0.142. The molecule has 0 unspecified atom stereocenters. The highest BCUT2D eigenvalue weighted by Crippen LogP contribution is 2.45. The van der Waals surface area contributed by atoms with Crippen LogP contribution in [-0.2, 0) is 4.74 Å². The lowest BCUT2D eigenvalue weighted by atomic mass is 10.0. The van der Waals surface area contributed by atoms with Crippen LogP contribution in [0.1, 0.15) is 19.3 Å². The van der Waals surface area contributed by atoms with E-state index < -0.39 is 0 Å². The highest BCUT2D eigenvalue weighted by molar-refractivity contribution is 6.21. The minimum Gasteiger partial charge on any atom is -0.369 e. The Hall–Kier alpha value is -0.0100. The van der Waals surface area contributed by atoms with Crippen molar-refractivity contribution in [3.8, 4) is 0 Å². The quantitative estimate of drug-likeness (QED) is 0.362. The van der Waals surface area contributed by atoms with Crippen molar-refractivity contribution in [1.82, 2.24) is 0 Å². The monoisotopic (exact) mass is 172 g/mol. The van der Waals surface area contributed by atoms with Crippen molar-refractivity contribution >= 4 is 11.6 Å². The van der Waals surface area contributed by atoms with Gasteiger partial charge in [0.15, 0.2) is 0 Å². The lowest BCUT2D eigenvalue weighted by Gasteiger charge is -2.11. The molecular formula is C9H13ClO. The molecule has 0 aromatic rings. The van der Waals surface area contributed by atoms with E-state index in [2.05, 4.69) is 6.58 Å². The lowest BCUT2D eigenvalue weighted by Crippen LogP contribution is -2.09. The second-order valence-corrected chi connectivity index (χ2v) is 4.02. The van der Waals surface area contributed by atoms with Crippen molar-refractivity contribution in [3.63, 3.8) is 0 Å². The van der Waals surface area contributed by atoms with Crippen molar-refractivity contribution < 1.29 is 4.74 Å². The van der Waals surface area contributed by atoms with E-state index in [9.17, 15) is 0 Å². The van der Waals surface area contributed by atoms with Crippen molar-refractivity contribution in [2.24, 2.45) is 5.92 Å². The number of epoxide rings is 1. The molecule has 1 heterocycles. The first-order valence-corrected chi connectivity index (χ1v) is 4.67. The normalized spacial score (nSPS) is 43.2. The fourth-order valence-electron chi connectivity index (χ4n) is 1.98. The van der Waals surface area contributed by atoms with Gasteiger partial charge in [0.25, 0.3) is 0 Å². The van der Waals surface area contributed by atoms with Crippen LogP contribution in [0, 0.1) is 5.92 Å². The maximum Gasteiger partial charge on any atom is 0.0870 e. The van der Waals surface area contributed by atoms with Crippen LogP contribution in [0.2, 0.25) is 0 Å². The van der Waals surface area contributed by atoms with Crippen LogP contribution in [0.3, 0.4) is 0 Å². The number of rotatable bonds is 3. The number of halogens is 1. The van der Waals surface area contributed by atoms with Crippen LogP contribution in [0.4, 0.5) is 0 Å². The summed E-state index contributed by atoms with van der Waals surface area (Å²) >= 11 is 5.96. The Balaban J connectivity index is 1.82. The number of hydrogen-bond acceptors (Lipinski definition) is 1. The molecular weight excluding hydrogens is 160 g/mol. The highest BCUT2D eigenvalue weighted by atomic mass is 35.5. The Labute approximate surface area is 72.4 Å². The van der Waals surface area contributed by atoms with Gasteiger partial charge in [0.05, 0.1) is 17.6 Å². The first kappa shape index (κ1) is 7.63. The van der Waals surface area contributed by atoms with E-state index in [1.54, 1.807) is 0 Å². The van der Waals surface area contributed by atoms with Gasteiger partial charge in [-0.3, -0.25) is 0 Å². The SMILES string of the molecule is C=C[C@@H](Cl)C[C@@H]1CC[C@H]2O[C@H]12. The Morgan fingerprint density at radius 1 is 1.64 bits per heavy atom. The van der Waals surface area contributed by atoms with Gasteiger partial charge >= 0.3 is 0 Å². The molecule has 0 amide bonds. The van der Waals surface area contributed by atoms with Crippen LogP contribution in [0.5, 0.6) is 0 Å². The first-order chi connectivity index (χ1) is 5.31. The third-order valence-corrected chi connectivity index (χ3v) is 3.05. The third kappa shape index (κ3) is 1.45. The summed E-state index contributed by atoms with van der Waals surface area (Å²) in [6.07, 6.45) is 6.55. The molecule has 1 aliphatic carbocycles. The number of hydrogen-bond donors (Lipinski definition) is 0. The summed E-state index contributed by atoms with van der Waals surface area (Å²) in [7, 11) is 0. The van der Waals surface area contributed by atoms with E-state index in [-0.39, 0.29) is 5.38 Å². The molecule has 2 aliphatic rings. The zero-order valence-corrected chi connectivity index (χ0v) is 7.26. The number of alkyl halides is 1. The third-order valence-electron chi connectivity index (χ3n) is 2.69. The van der Waals surface area contributed by atoms with E-state index in [1.165, 1.54) is 12.8 Å². The van der Waals surface area contributed by atoms with Gasteiger partial charge in [-0.1, -0.05) is 6.08 Å². The van der Waals surface area contributed by atoms with Gasteiger partial charge in [-0.15, -0.1) is 18.2 Å². The van der Waals surface area contributed by atoms with Gasteiger partial charge in [-0.2, -0.15) is 0 Å². The summed E-state index contributed by atoms with van der Waals surface area (Å²) in [5.74, 6) is 0.709. The molecule has 1 aliphatic heterocycles. The summed E-state index contributed by atoms with van der Waals surface area (Å²) in [6, 6.07) is 0. The van der Waals surface area contributed by atoms with E-state index in [4.69, 9.17) is 16.3 Å². The highest BCUT2D eigenvalue weighted by Gasteiger charge is 2.49. The predicted molar refractivity (Wildman–Crippen MR) is 45.8 cm³/mol. The predicted octanol–water partition coefficient (Wildman–Crippen LogP) is 2.35. The van der Waals surface area contributed by atoms with Gasteiger partial charge < -0.3 is 4.74 Å². The molecule has 0 aromatic carbocycles. The Morgan fingerprint density at radius 3 is 2.91 bits per heavy atom. The van der Waals surface area contributed by atoms with Crippen molar-refractivity contribution in [3.05, 3.63) is 12.7 Å². The van der Waals surface area contributed by atoms with Crippen molar-refractivity contribution in [1.29, 1.82) is 0 Å². The number of allylic oxidation sites excluding steroid dienone is 1. The van der Waals surface area contributed by atoms with Crippen LogP contribution in [0.25, 0.3) is 0 Å². The summed E-state index contributed by atoms with van der Waals surface area (Å²) in [5.41, 5.74) is 0. The van der Waals surface area contributed by atoms with Crippen LogP contribution in [-0.4, -0.2) is 17.6 Å². The van der Waals surface area contributed by atoms with E-state index in [0.29, 0.717) is 18.1 Å². The molecule has 0 radical (unpaired) electrons. The Morgan fingerprint density at radius 2 is 2.45 bits per heavy atom. The molecule has 2 rings (SSSR count). The smallest absolute Gasteiger partial charge is 0.0870 e. The molecule has 1 saturated heterocycles. The maximum absolute atomic E-state index is 5.96.